The molecule has 0 spiro atoms. The molecule has 0 aliphatic heterocycles. The van der Waals surface area contributed by atoms with Crippen molar-refractivity contribution in [1.82, 2.24) is 4.98 Å². The maximum atomic E-state index is 13.2. The molecule has 0 saturated heterocycles. The van der Waals surface area contributed by atoms with Crippen LogP contribution in [-0.2, 0) is 0 Å². The van der Waals surface area contributed by atoms with Crippen LogP contribution in [0, 0.1) is 11.6 Å². The van der Waals surface area contributed by atoms with Crippen LogP contribution in [0.25, 0.3) is 0 Å². The van der Waals surface area contributed by atoms with Crippen molar-refractivity contribution in [2.45, 2.75) is 0 Å². The summed E-state index contributed by atoms with van der Waals surface area (Å²) in [5, 5.41) is 3.01. The van der Waals surface area contributed by atoms with Crippen LogP contribution in [0.15, 0.2) is 42.6 Å². The Morgan fingerprint density at radius 3 is 2.78 bits per heavy atom. The highest BCUT2D eigenvalue weighted by Crippen LogP contribution is 2.17. The highest BCUT2D eigenvalue weighted by molar-refractivity contribution is 5.33. The molecule has 0 saturated carbocycles. The number of hydrogen-bond donors (Lipinski definition) is 1. The third kappa shape index (κ3) is 3.41. The normalized spacial score (nSPS) is 10.1. The molecule has 0 fully saturated rings. The zero-order valence-electron chi connectivity index (χ0n) is 9.57. The van der Waals surface area contributed by atoms with Gasteiger partial charge in [0.2, 0.25) is 0 Å². The van der Waals surface area contributed by atoms with Gasteiger partial charge in [0.15, 0.2) is 11.6 Å². The molecule has 2 aromatic rings. The van der Waals surface area contributed by atoms with Crippen molar-refractivity contribution >= 4 is 5.82 Å². The Hall–Kier alpha value is -2.17. The Labute approximate surface area is 103 Å². The molecule has 18 heavy (non-hydrogen) atoms. The molecule has 0 unspecified atom stereocenters. The number of ether oxygens (including phenoxy) is 1. The van der Waals surface area contributed by atoms with Gasteiger partial charge in [0.25, 0.3) is 0 Å². The number of aromatic nitrogens is 1. The number of nitrogens with one attached hydrogen (secondary N) is 1. The van der Waals surface area contributed by atoms with Gasteiger partial charge in [-0.3, -0.25) is 0 Å². The van der Waals surface area contributed by atoms with Crippen LogP contribution in [0.4, 0.5) is 14.6 Å². The Balaban J connectivity index is 1.79. The van der Waals surface area contributed by atoms with E-state index in [9.17, 15) is 8.78 Å². The molecule has 1 aromatic carbocycles. The van der Waals surface area contributed by atoms with Crippen LogP contribution in [0.3, 0.4) is 0 Å². The zero-order valence-corrected chi connectivity index (χ0v) is 9.57. The van der Waals surface area contributed by atoms with Gasteiger partial charge >= 0.3 is 0 Å². The van der Waals surface area contributed by atoms with Gasteiger partial charge < -0.3 is 10.1 Å². The lowest BCUT2D eigenvalue weighted by molar-refractivity contribution is 0.314. The fourth-order valence-electron chi connectivity index (χ4n) is 1.40. The monoisotopic (exact) mass is 250 g/mol. The van der Waals surface area contributed by atoms with Gasteiger partial charge in [-0.05, 0) is 24.3 Å². The lowest BCUT2D eigenvalue weighted by Gasteiger charge is -2.08. The first-order valence-electron chi connectivity index (χ1n) is 5.48. The lowest BCUT2D eigenvalue weighted by Crippen LogP contribution is -2.12. The largest absolute Gasteiger partial charge is 0.489 e. The molecular formula is C13H12F2N2O. The first-order chi connectivity index (χ1) is 8.75. The minimum Gasteiger partial charge on any atom is -0.489 e. The van der Waals surface area contributed by atoms with E-state index in [1.54, 1.807) is 6.20 Å². The Morgan fingerprint density at radius 2 is 2.06 bits per heavy atom. The van der Waals surface area contributed by atoms with E-state index in [2.05, 4.69) is 10.3 Å². The third-order valence-corrected chi connectivity index (χ3v) is 2.22. The second-order valence-electron chi connectivity index (χ2n) is 3.56. The quantitative estimate of drug-likeness (QED) is 0.828. The molecule has 0 aliphatic rings. The fourth-order valence-corrected chi connectivity index (χ4v) is 1.40. The average molecular weight is 250 g/mol. The van der Waals surface area contributed by atoms with E-state index in [1.165, 1.54) is 6.07 Å². The molecule has 3 nitrogen and oxygen atoms in total. The highest BCUT2D eigenvalue weighted by Gasteiger charge is 2.04. The summed E-state index contributed by atoms with van der Waals surface area (Å²) in [6.45, 7) is 0.743. The number of benzene rings is 1. The van der Waals surface area contributed by atoms with Gasteiger partial charge in [-0.15, -0.1) is 0 Å². The van der Waals surface area contributed by atoms with E-state index in [4.69, 9.17) is 4.74 Å². The second kappa shape index (κ2) is 5.95. The van der Waals surface area contributed by atoms with Gasteiger partial charge in [0.05, 0.1) is 6.54 Å². The summed E-state index contributed by atoms with van der Waals surface area (Å²) in [6.07, 6.45) is 1.67. The number of rotatable bonds is 5. The minimum atomic E-state index is -0.701. The van der Waals surface area contributed by atoms with Crippen molar-refractivity contribution in [2.75, 3.05) is 18.5 Å². The smallest absolute Gasteiger partial charge is 0.167 e. The van der Waals surface area contributed by atoms with Crippen LogP contribution in [0.5, 0.6) is 5.75 Å². The summed E-state index contributed by atoms with van der Waals surface area (Å²) < 4.78 is 31.0. The molecule has 1 aromatic heterocycles. The standard InChI is InChI=1S/C13H12F2N2O/c14-10-4-5-12(11(15)9-10)18-8-7-17-13-3-1-2-6-16-13/h1-6,9H,7-8H2,(H,16,17). The number of anilines is 1. The molecule has 0 aliphatic carbocycles. The van der Waals surface area contributed by atoms with Crippen molar-refractivity contribution in [3.63, 3.8) is 0 Å². The van der Waals surface area contributed by atoms with Crippen molar-refractivity contribution in [1.29, 1.82) is 0 Å². The van der Waals surface area contributed by atoms with Gasteiger partial charge in [-0.25, -0.2) is 13.8 Å². The molecule has 0 radical (unpaired) electrons. The predicted octanol–water partition coefficient (Wildman–Crippen LogP) is 2.85. The van der Waals surface area contributed by atoms with Crippen molar-refractivity contribution in [3.05, 3.63) is 54.2 Å². The highest BCUT2D eigenvalue weighted by atomic mass is 19.1. The number of nitrogens with zero attached hydrogens (tertiary/aromatic N) is 1. The Bertz CT molecular complexity index is 506. The van der Waals surface area contributed by atoms with E-state index in [0.29, 0.717) is 6.54 Å². The molecule has 1 heterocycles. The summed E-state index contributed by atoms with van der Waals surface area (Å²) in [7, 11) is 0. The Morgan fingerprint density at radius 1 is 1.17 bits per heavy atom. The van der Waals surface area contributed by atoms with E-state index < -0.39 is 11.6 Å². The molecular weight excluding hydrogens is 238 g/mol. The van der Waals surface area contributed by atoms with Gasteiger partial charge in [-0.2, -0.15) is 0 Å². The number of pyridine rings is 1. The maximum absolute atomic E-state index is 13.2. The molecule has 94 valence electrons. The summed E-state index contributed by atoms with van der Waals surface area (Å²) >= 11 is 0. The van der Waals surface area contributed by atoms with Crippen molar-refractivity contribution in [3.8, 4) is 5.75 Å². The summed E-state index contributed by atoms with van der Waals surface area (Å²) in [5.74, 6) is -0.556. The summed E-state index contributed by atoms with van der Waals surface area (Å²) in [5.41, 5.74) is 0. The SMILES string of the molecule is Fc1ccc(OCCNc2ccccn2)c(F)c1. The fraction of sp³-hybridized carbons (Fsp3) is 0.154. The first kappa shape index (κ1) is 12.3. The van der Waals surface area contributed by atoms with Gasteiger partial charge in [0, 0.05) is 12.3 Å². The number of hydrogen-bond acceptors (Lipinski definition) is 3. The van der Waals surface area contributed by atoms with E-state index in [-0.39, 0.29) is 12.4 Å². The molecule has 5 heteroatoms. The van der Waals surface area contributed by atoms with E-state index in [0.717, 1.165) is 18.0 Å². The molecule has 1 N–H and O–H groups in total. The summed E-state index contributed by atoms with van der Waals surface area (Å²) in [6, 6.07) is 8.71. The van der Waals surface area contributed by atoms with Crippen LogP contribution < -0.4 is 10.1 Å². The van der Waals surface area contributed by atoms with Crippen LogP contribution in [0.1, 0.15) is 0 Å². The van der Waals surface area contributed by atoms with Crippen LogP contribution in [-0.4, -0.2) is 18.1 Å². The first-order valence-corrected chi connectivity index (χ1v) is 5.48. The van der Waals surface area contributed by atoms with Gasteiger partial charge in [0.1, 0.15) is 18.2 Å². The topological polar surface area (TPSA) is 34.1 Å². The average Bonchev–Trinajstić information content (AvgIpc) is 2.38. The Kier molecular flexibility index (Phi) is 4.06. The minimum absolute atomic E-state index is 0.0409. The summed E-state index contributed by atoms with van der Waals surface area (Å²) in [4.78, 5) is 4.06. The van der Waals surface area contributed by atoms with Gasteiger partial charge in [-0.1, -0.05) is 6.07 Å². The molecule has 0 atom stereocenters. The van der Waals surface area contributed by atoms with E-state index >= 15 is 0 Å². The van der Waals surface area contributed by atoms with Crippen molar-refractivity contribution in [2.24, 2.45) is 0 Å². The molecule has 0 bridgehead atoms. The van der Waals surface area contributed by atoms with E-state index in [1.807, 2.05) is 18.2 Å². The lowest BCUT2D eigenvalue weighted by atomic mass is 10.3. The van der Waals surface area contributed by atoms with Crippen molar-refractivity contribution < 1.29 is 13.5 Å². The van der Waals surface area contributed by atoms with Crippen LogP contribution in [0.2, 0.25) is 0 Å². The maximum Gasteiger partial charge on any atom is 0.167 e. The third-order valence-electron chi connectivity index (χ3n) is 2.22. The molecule has 0 amide bonds. The number of halogens is 2. The van der Waals surface area contributed by atoms with Crippen LogP contribution >= 0.6 is 0 Å². The molecule has 2 rings (SSSR count). The predicted molar refractivity (Wildman–Crippen MR) is 64.6 cm³/mol. The zero-order chi connectivity index (χ0) is 12.8. The second-order valence-corrected chi connectivity index (χ2v) is 3.56.